The number of carbonyl (C=O) groups is 2. The fraction of sp³-hybridized carbons (Fsp3) is 0.590. The van der Waals surface area contributed by atoms with E-state index in [2.05, 4.69) is 36.2 Å². The minimum atomic E-state index is -4.98. The molecule has 2 aromatic heterocycles. The van der Waals surface area contributed by atoms with Crippen LogP contribution in [0.3, 0.4) is 0 Å². The summed E-state index contributed by atoms with van der Waals surface area (Å²) in [5.74, 6) is -0.632. The zero-order chi connectivity index (χ0) is 36.5. The molecule has 2 N–H and O–H groups in total. The number of fused-ring (bicyclic) bond motifs is 2. The maximum absolute atomic E-state index is 14.8. The molecule has 7 aliphatic rings. The highest BCUT2D eigenvalue weighted by molar-refractivity contribution is 5.99. The molecule has 6 fully saturated rings. The number of ether oxygens (including phenoxy) is 1. The molecular weight excluding hydrogens is 687 g/mol. The molecule has 5 saturated carbocycles. The van der Waals surface area contributed by atoms with Gasteiger partial charge in [0.05, 0.1) is 11.8 Å². The number of amides is 1. The smallest absolute Gasteiger partial charge is 0.434 e. The molecule has 3 aromatic rings. The van der Waals surface area contributed by atoms with Gasteiger partial charge in [-0.15, -0.1) is 0 Å². The van der Waals surface area contributed by atoms with Crippen LogP contribution in [0.25, 0.3) is 0 Å². The summed E-state index contributed by atoms with van der Waals surface area (Å²) < 4.78 is 50.9. The van der Waals surface area contributed by atoms with Crippen molar-refractivity contribution < 1.29 is 32.6 Å². The lowest BCUT2D eigenvalue weighted by atomic mass is 9.48. The van der Waals surface area contributed by atoms with Crippen molar-refractivity contribution in [3.05, 3.63) is 59.8 Å². The molecule has 14 heteroatoms. The number of benzene rings is 1. The molecule has 10 rings (SSSR count). The molecule has 0 radical (unpaired) electrons. The van der Waals surface area contributed by atoms with Gasteiger partial charge in [0.2, 0.25) is 5.95 Å². The largest absolute Gasteiger partial charge is 0.490 e. The molecule has 280 valence electrons. The quantitative estimate of drug-likeness (QED) is 0.271. The van der Waals surface area contributed by atoms with Crippen molar-refractivity contribution >= 4 is 29.3 Å². The predicted octanol–water partition coefficient (Wildman–Crippen LogP) is 6.70. The summed E-state index contributed by atoms with van der Waals surface area (Å²) in [6.45, 7) is 2.00. The monoisotopic (exact) mass is 731 g/mol. The molecule has 11 nitrogen and oxygen atoms in total. The Balaban J connectivity index is 0.989. The van der Waals surface area contributed by atoms with E-state index < -0.39 is 34.8 Å². The van der Waals surface area contributed by atoms with Crippen LogP contribution in [0.2, 0.25) is 0 Å². The second kappa shape index (κ2) is 12.8. The van der Waals surface area contributed by atoms with Crippen LogP contribution in [0.1, 0.15) is 98.7 Å². The molecular formula is C39H44F3N7O4. The van der Waals surface area contributed by atoms with Gasteiger partial charge in [0, 0.05) is 62.2 Å². The standard InChI is InChI=1S/C39H44F3N7O4/c40-39(41,42)33-29(34(50)47-38(35(51)52)25-15-23-14-24(17-25)18-26(38)16-23)20-45-36(46-33)49-22-37(8-2-1-3-9-37)30-19-28(4-5-31(30)49)53-27-6-12-48(13-7-27)32-21-43-10-11-44-32/h4-5,10-11,19-21,23-27H,1-3,6-9,12-18,22H2,(H,47,50)(H,51,52). The lowest BCUT2D eigenvalue weighted by Crippen LogP contribution is -2.70. The maximum atomic E-state index is 14.8. The topological polar surface area (TPSA) is 134 Å². The van der Waals surface area contributed by atoms with Gasteiger partial charge in [-0.05, 0) is 92.4 Å². The molecule has 4 bridgehead atoms. The van der Waals surface area contributed by atoms with E-state index in [1.807, 2.05) is 12.1 Å². The number of rotatable bonds is 7. The third-order valence-electron chi connectivity index (χ3n) is 13.4. The highest BCUT2D eigenvalue weighted by Crippen LogP contribution is 2.58. The Morgan fingerprint density at radius 1 is 0.925 bits per heavy atom. The predicted molar refractivity (Wildman–Crippen MR) is 188 cm³/mol. The van der Waals surface area contributed by atoms with Gasteiger partial charge in [-0.2, -0.15) is 13.2 Å². The Hall–Kier alpha value is -4.49. The van der Waals surface area contributed by atoms with Crippen LogP contribution in [0.5, 0.6) is 5.75 Å². The maximum Gasteiger partial charge on any atom is 0.434 e. The molecule has 1 aromatic carbocycles. The number of alkyl halides is 3. The third kappa shape index (κ3) is 5.87. The number of piperidine rings is 1. The first-order chi connectivity index (χ1) is 25.5. The molecule has 2 aliphatic heterocycles. The van der Waals surface area contributed by atoms with Crippen molar-refractivity contribution in [1.82, 2.24) is 25.3 Å². The van der Waals surface area contributed by atoms with Crippen LogP contribution >= 0.6 is 0 Å². The van der Waals surface area contributed by atoms with Crippen LogP contribution in [-0.2, 0) is 16.4 Å². The van der Waals surface area contributed by atoms with Gasteiger partial charge < -0.3 is 25.0 Å². The van der Waals surface area contributed by atoms with Crippen LogP contribution in [0, 0.1) is 23.7 Å². The highest BCUT2D eigenvalue weighted by Gasteiger charge is 2.62. The Morgan fingerprint density at radius 2 is 1.64 bits per heavy atom. The summed E-state index contributed by atoms with van der Waals surface area (Å²) in [6, 6.07) is 5.81. The number of anilines is 3. The first-order valence-corrected chi connectivity index (χ1v) is 19.1. The average molecular weight is 732 g/mol. The van der Waals surface area contributed by atoms with Gasteiger partial charge in [-0.3, -0.25) is 9.78 Å². The van der Waals surface area contributed by atoms with Gasteiger partial charge in [0.15, 0.2) is 5.69 Å². The zero-order valence-electron chi connectivity index (χ0n) is 29.5. The number of carbonyl (C=O) groups excluding carboxylic acids is 1. The van der Waals surface area contributed by atoms with E-state index in [4.69, 9.17) is 4.74 Å². The van der Waals surface area contributed by atoms with E-state index in [1.165, 1.54) is 0 Å². The minimum absolute atomic E-state index is 0.0105. The fourth-order valence-electron chi connectivity index (χ4n) is 11.1. The van der Waals surface area contributed by atoms with Crippen molar-refractivity contribution in [2.24, 2.45) is 23.7 Å². The van der Waals surface area contributed by atoms with Crippen molar-refractivity contribution in [2.45, 2.75) is 100 Å². The number of hydrogen-bond donors (Lipinski definition) is 2. The first-order valence-electron chi connectivity index (χ1n) is 19.1. The molecule has 4 heterocycles. The van der Waals surface area contributed by atoms with Gasteiger partial charge in [-0.1, -0.05) is 19.3 Å². The van der Waals surface area contributed by atoms with Gasteiger partial charge >= 0.3 is 12.1 Å². The van der Waals surface area contributed by atoms with E-state index in [1.54, 1.807) is 23.5 Å². The zero-order valence-corrected chi connectivity index (χ0v) is 29.5. The number of carboxylic acids is 1. The molecule has 1 saturated heterocycles. The second-order valence-electron chi connectivity index (χ2n) is 16.3. The molecule has 0 atom stereocenters. The third-order valence-corrected chi connectivity index (χ3v) is 13.4. The van der Waals surface area contributed by atoms with Gasteiger partial charge in [0.1, 0.15) is 23.2 Å². The van der Waals surface area contributed by atoms with E-state index >= 15 is 0 Å². The SMILES string of the molecule is O=C(NC1(C(=O)O)C2CC3CC(C2)CC1C3)c1cnc(N2CC3(CCCCC3)c3cc(OC4CCN(c5cnccn5)CC4)ccc32)nc1C(F)(F)F. The Labute approximate surface area is 305 Å². The summed E-state index contributed by atoms with van der Waals surface area (Å²) in [4.78, 5) is 47.6. The van der Waals surface area contributed by atoms with E-state index in [0.717, 1.165) is 93.5 Å². The number of nitrogens with one attached hydrogen (secondary N) is 1. The van der Waals surface area contributed by atoms with Crippen molar-refractivity contribution in [3.8, 4) is 5.75 Å². The summed E-state index contributed by atoms with van der Waals surface area (Å²) >= 11 is 0. The highest BCUT2D eigenvalue weighted by atomic mass is 19.4. The van der Waals surface area contributed by atoms with Crippen molar-refractivity contribution in [1.29, 1.82) is 0 Å². The normalized spacial score (nSPS) is 29.0. The Kier molecular flexibility index (Phi) is 8.30. The number of halogens is 3. The number of nitrogens with zero attached hydrogens (tertiary/aromatic N) is 6. The van der Waals surface area contributed by atoms with Crippen LogP contribution in [-0.4, -0.2) is 68.2 Å². The minimum Gasteiger partial charge on any atom is -0.490 e. The summed E-state index contributed by atoms with van der Waals surface area (Å²) in [5.41, 5.74) is -2.25. The molecule has 53 heavy (non-hydrogen) atoms. The van der Waals surface area contributed by atoms with Crippen molar-refractivity contribution in [3.63, 3.8) is 0 Å². The van der Waals surface area contributed by atoms with Gasteiger partial charge in [0.25, 0.3) is 5.91 Å². The molecule has 5 aliphatic carbocycles. The van der Waals surface area contributed by atoms with Gasteiger partial charge in [-0.25, -0.2) is 19.7 Å². The average Bonchev–Trinajstić information content (AvgIpc) is 3.45. The van der Waals surface area contributed by atoms with E-state index in [0.29, 0.717) is 44.1 Å². The van der Waals surface area contributed by atoms with Crippen molar-refractivity contribution in [2.75, 3.05) is 29.4 Å². The summed E-state index contributed by atoms with van der Waals surface area (Å²) in [6.07, 6.45) is 11.3. The van der Waals surface area contributed by atoms with Crippen LogP contribution in [0.15, 0.2) is 43.0 Å². The Bertz CT molecular complexity index is 1870. The molecule has 0 unspecified atom stereocenters. The fourth-order valence-corrected chi connectivity index (χ4v) is 11.1. The van der Waals surface area contributed by atoms with Crippen LogP contribution < -0.4 is 19.9 Å². The van der Waals surface area contributed by atoms with E-state index in [-0.39, 0.29) is 29.3 Å². The lowest BCUT2D eigenvalue weighted by molar-refractivity contribution is -0.163. The number of aromatic nitrogens is 4. The number of hydrogen-bond acceptors (Lipinski definition) is 9. The summed E-state index contributed by atoms with van der Waals surface area (Å²) in [5, 5.41) is 13.1. The Morgan fingerprint density at radius 3 is 2.28 bits per heavy atom. The number of carboxylic acid groups (broad SMARTS) is 1. The lowest BCUT2D eigenvalue weighted by Gasteiger charge is -2.59. The first kappa shape index (κ1) is 34.3. The van der Waals surface area contributed by atoms with E-state index in [9.17, 15) is 27.9 Å². The molecule has 1 amide bonds. The number of aliphatic carboxylic acids is 1. The molecule has 1 spiro atoms. The van der Waals surface area contributed by atoms with Crippen LogP contribution in [0.4, 0.5) is 30.6 Å². The second-order valence-corrected chi connectivity index (χ2v) is 16.3. The summed E-state index contributed by atoms with van der Waals surface area (Å²) in [7, 11) is 0.